The topological polar surface area (TPSA) is 61.8 Å². The van der Waals surface area contributed by atoms with E-state index in [0.717, 1.165) is 38.5 Å². The molecule has 1 spiro atoms. The van der Waals surface area contributed by atoms with Crippen molar-refractivity contribution in [2.75, 3.05) is 31.6 Å². The van der Waals surface area contributed by atoms with Gasteiger partial charge in [-0.05, 0) is 37.8 Å². The molecule has 1 aromatic rings. The molecule has 4 atom stereocenters. The molecule has 2 aliphatic heterocycles. The lowest BCUT2D eigenvalue weighted by atomic mass is 9.46. The maximum atomic E-state index is 14.0. The summed E-state index contributed by atoms with van der Waals surface area (Å²) < 4.78 is 20.0. The number of hydrogen-bond acceptors (Lipinski definition) is 4. The van der Waals surface area contributed by atoms with Crippen LogP contribution in [-0.2, 0) is 4.74 Å². The van der Waals surface area contributed by atoms with Gasteiger partial charge in [0.1, 0.15) is 0 Å². The third-order valence-electron chi connectivity index (χ3n) is 7.12. The predicted molar refractivity (Wildman–Crippen MR) is 118 cm³/mol. The molecule has 0 bridgehead atoms. The molecule has 5 rings (SSSR count). The number of nitrogens with one attached hydrogen (secondary N) is 2. The van der Waals surface area contributed by atoms with Gasteiger partial charge >= 0.3 is 0 Å². The van der Waals surface area contributed by atoms with E-state index in [1.165, 1.54) is 25.3 Å². The van der Waals surface area contributed by atoms with Gasteiger partial charge in [0, 0.05) is 56.4 Å². The largest absolute Gasteiger partial charge is 0.377 e. The Labute approximate surface area is 182 Å². The van der Waals surface area contributed by atoms with Crippen LogP contribution in [0.3, 0.4) is 0 Å². The van der Waals surface area contributed by atoms with Gasteiger partial charge < -0.3 is 20.3 Å². The molecule has 6 nitrogen and oxygen atoms in total. The SMILES string of the molecule is CN=C(NC1CCN(c2ncccc2F)C1)NC1C2CCOC2C12CCC2.I. The fourth-order valence-corrected chi connectivity index (χ4v) is 5.65. The minimum Gasteiger partial charge on any atom is -0.377 e. The Bertz CT molecular complexity index is 743. The number of rotatable bonds is 3. The van der Waals surface area contributed by atoms with Gasteiger partial charge in [-0.3, -0.25) is 4.99 Å². The normalized spacial score (nSPS) is 32.9. The second-order valence-corrected chi connectivity index (χ2v) is 8.41. The van der Waals surface area contributed by atoms with E-state index in [9.17, 15) is 4.39 Å². The minimum atomic E-state index is -0.255. The van der Waals surface area contributed by atoms with Crippen LogP contribution < -0.4 is 15.5 Å². The number of anilines is 1. The Balaban J connectivity index is 0.00000192. The second-order valence-electron chi connectivity index (χ2n) is 8.41. The number of nitrogens with zero attached hydrogens (tertiary/aromatic N) is 3. The smallest absolute Gasteiger partial charge is 0.191 e. The van der Waals surface area contributed by atoms with Crippen LogP contribution in [0.2, 0.25) is 0 Å². The molecule has 0 aromatic carbocycles. The van der Waals surface area contributed by atoms with Crippen LogP contribution in [0, 0.1) is 17.2 Å². The molecule has 4 fully saturated rings. The van der Waals surface area contributed by atoms with Gasteiger partial charge in [0.25, 0.3) is 0 Å². The van der Waals surface area contributed by atoms with Crippen molar-refractivity contribution in [3.63, 3.8) is 0 Å². The van der Waals surface area contributed by atoms with Crippen LogP contribution in [0.25, 0.3) is 0 Å². The van der Waals surface area contributed by atoms with Crippen LogP contribution in [0.1, 0.15) is 32.1 Å². The number of aliphatic imine (C=N–C) groups is 1. The van der Waals surface area contributed by atoms with Crippen molar-refractivity contribution in [1.82, 2.24) is 15.6 Å². The lowest BCUT2D eigenvalue weighted by Crippen LogP contribution is -2.72. The Kier molecular flexibility index (Phi) is 5.70. The minimum absolute atomic E-state index is 0. The number of aromatic nitrogens is 1. The molecule has 4 unspecified atom stereocenters. The van der Waals surface area contributed by atoms with Gasteiger partial charge in [0.15, 0.2) is 17.6 Å². The maximum absolute atomic E-state index is 14.0. The molecule has 3 heterocycles. The fourth-order valence-electron chi connectivity index (χ4n) is 5.65. The quantitative estimate of drug-likeness (QED) is 0.379. The summed E-state index contributed by atoms with van der Waals surface area (Å²) in [7, 11) is 1.83. The highest BCUT2D eigenvalue weighted by atomic mass is 127. The first-order valence-corrected chi connectivity index (χ1v) is 10.2. The van der Waals surface area contributed by atoms with Crippen molar-refractivity contribution in [2.45, 2.75) is 50.3 Å². The van der Waals surface area contributed by atoms with E-state index in [0.29, 0.717) is 29.3 Å². The zero-order valence-corrected chi connectivity index (χ0v) is 18.6. The lowest BCUT2D eigenvalue weighted by Gasteiger charge is -2.63. The van der Waals surface area contributed by atoms with Crippen molar-refractivity contribution in [2.24, 2.45) is 16.3 Å². The van der Waals surface area contributed by atoms with E-state index < -0.39 is 0 Å². The Morgan fingerprint density at radius 3 is 2.93 bits per heavy atom. The van der Waals surface area contributed by atoms with Crippen LogP contribution in [0.15, 0.2) is 23.3 Å². The van der Waals surface area contributed by atoms with Gasteiger partial charge in [-0.2, -0.15) is 0 Å². The summed E-state index contributed by atoms with van der Waals surface area (Å²) in [6, 6.07) is 3.81. The van der Waals surface area contributed by atoms with Crippen molar-refractivity contribution in [3.05, 3.63) is 24.1 Å². The highest BCUT2D eigenvalue weighted by Gasteiger charge is 2.66. The molecule has 28 heavy (non-hydrogen) atoms. The number of pyridine rings is 1. The summed E-state index contributed by atoms with van der Waals surface area (Å²) in [6.07, 6.45) is 8.03. The average Bonchev–Trinajstić information content (AvgIpc) is 3.26. The summed E-state index contributed by atoms with van der Waals surface area (Å²) in [5.41, 5.74) is 0.331. The van der Waals surface area contributed by atoms with Crippen molar-refractivity contribution >= 4 is 35.8 Å². The van der Waals surface area contributed by atoms with Crippen molar-refractivity contribution in [3.8, 4) is 0 Å². The Hall–Kier alpha value is -1.16. The molecule has 1 aromatic heterocycles. The third-order valence-corrected chi connectivity index (χ3v) is 7.12. The first-order valence-electron chi connectivity index (χ1n) is 10.2. The summed E-state index contributed by atoms with van der Waals surface area (Å²) in [4.78, 5) is 10.7. The molecule has 0 radical (unpaired) electrons. The number of fused-ring (bicyclic) bond motifs is 2. The average molecular weight is 501 g/mol. The maximum Gasteiger partial charge on any atom is 0.191 e. The Morgan fingerprint density at radius 1 is 1.36 bits per heavy atom. The van der Waals surface area contributed by atoms with E-state index in [4.69, 9.17) is 4.74 Å². The van der Waals surface area contributed by atoms with Crippen molar-refractivity contribution < 1.29 is 9.13 Å². The zero-order valence-electron chi connectivity index (χ0n) is 16.2. The molecule has 2 saturated heterocycles. The van der Waals surface area contributed by atoms with Crippen LogP contribution in [0.5, 0.6) is 0 Å². The number of ether oxygens (including phenoxy) is 1. The van der Waals surface area contributed by atoms with E-state index in [2.05, 4.69) is 20.6 Å². The first kappa shape index (κ1) is 20.1. The van der Waals surface area contributed by atoms with Gasteiger partial charge in [0.2, 0.25) is 0 Å². The van der Waals surface area contributed by atoms with Gasteiger partial charge in [0.05, 0.1) is 6.10 Å². The Morgan fingerprint density at radius 2 is 2.21 bits per heavy atom. The standard InChI is InChI=1S/C20H28FN5O.HI/c1-22-19(25-16-14-6-11-27-17(14)20(16)7-3-8-20)24-13-5-10-26(12-13)18-15(21)4-2-9-23-18;/h2,4,9,13-14,16-17H,3,5-8,10-12H2,1H3,(H2,22,24,25);1H. The summed E-state index contributed by atoms with van der Waals surface area (Å²) in [5, 5.41) is 7.27. The van der Waals surface area contributed by atoms with Crippen molar-refractivity contribution in [1.29, 1.82) is 0 Å². The number of hydrogen-bond donors (Lipinski definition) is 2. The highest BCUT2D eigenvalue weighted by Crippen LogP contribution is 2.62. The van der Waals surface area contributed by atoms with E-state index >= 15 is 0 Å². The highest BCUT2D eigenvalue weighted by molar-refractivity contribution is 14.0. The molecule has 4 aliphatic rings. The molecule has 0 amide bonds. The van der Waals surface area contributed by atoms with E-state index in [1.807, 2.05) is 11.9 Å². The van der Waals surface area contributed by atoms with E-state index in [1.54, 1.807) is 12.3 Å². The molecular formula is C20H29FIN5O. The van der Waals surface area contributed by atoms with E-state index in [-0.39, 0.29) is 35.8 Å². The molecule has 2 aliphatic carbocycles. The van der Waals surface area contributed by atoms with Gasteiger partial charge in [-0.1, -0.05) is 6.42 Å². The van der Waals surface area contributed by atoms with Gasteiger partial charge in [-0.25, -0.2) is 9.37 Å². The number of guanidine groups is 1. The summed E-state index contributed by atoms with van der Waals surface area (Å²) >= 11 is 0. The molecule has 154 valence electrons. The predicted octanol–water partition coefficient (Wildman–Crippen LogP) is 2.54. The number of halogens is 2. The molecule has 8 heteroatoms. The van der Waals surface area contributed by atoms with Crippen LogP contribution in [0.4, 0.5) is 10.2 Å². The molecule has 2 saturated carbocycles. The summed E-state index contributed by atoms with van der Waals surface area (Å²) in [5.74, 6) is 1.67. The summed E-state index contributed by atoms with van der Waals surface area (Å²) in [6.45, 7) is 2.43. The fraction of sp³-hybridized carbons (Fsp3) is 0.700. The zero-order chi connectivity index (χ0) is 18.4. The van der Waals surface area contributed by atoms with Crippen LogP contribution in [-0.4, -0.2) is 55.9 Å². The first-order chi connectivity index (χ1) is 13.2. The third kappa shape index (κ3) is 3.16. The van der Waals surface area contributed by atoms with Crippen LogP contribution >= 0.6 is 24.0 Å². The molecule has 2 N–H and O–H groups in total. The van der Waals surface area contributed by atoms with Gasteiger partial charge in [-0.15, -0.1) is 24.0 Å². The molecular weight excluding hydrogens is 472 g/mol. The monoisotopic (exact) mass is 501 g/mol. The lowest BCUT2D eigenvalue weighted by molar-refractivity contribution is -0.171. The second kappa shape index (κ2) is 7.93.